The number of nitrogens with two attached hydrogens (primary N) is 2. The molecule has 0 aromatic heterocycles. The third-order valence-corrected chi connectivity index (χ3v) is 4.73. The Kier molecular flexibility index (Phi) is 17.8. The number of hydrogen-bond acceptors (Lipinski definition) is 4. The van der Waals surface area contributed by atoms with Crippen LogP contribution in [0.5, 0.6) is 0 Å². The van der Waals surface area contributed by atoms with E-state index in [1.54, 1.807) is 24.3 Å². The number of benzene rings is 1. The van der Waals surface area contributed by atoms with Gasteiger partial charge < -0.3 is 22.2 Å². The van der Waals surface area contributed by atoms with Crippen molar-refractivity contribution in [2.24, 2.45) is 11.7 Å². The molecule has 1 aromatic carbocycles. The lowest BCUT2D eigenvalue weighted by molar-refractivity contribution is -0.122. The summed E-state index contributed by atoms with van der Waals surface area (Å²) in [6.07, 6.45) is 19.6. The molecule has 6 heteroatoms. The van der Waals surface area contributed by atoms with Crippen LogP contribution in [0.2, 0.25) is 0 Å². The highest BCUT2D eigenvalue weighted by molar-refractivity contribution is 6.05. The van der Waals surface area contributed by atoms with Crippen molar-refractivity contribution in [1.29, 1.82) is 5.41 Å². The minimum Gasteiger partial charge on any atom is -0.398 e. The highest BCUT2D eigenvalue weighted by Crippen LogP contribution is 2.17. The van der Waals surface area contributed by atoms with E-state index < -0.39 is 5.91 Å². The SMILES string of the molecule is C#C.C/C=C\CC.C=C(CC)C(C)C(=O)NC(/C=C\C)=C/CC(=N)c1cc(C(N)=O)ccc1N. The Morgan fingerprint density at radius 3 is 2.26 bits per heavy atom. The van der Waals surface area contributed by atoms with Crippen molar-refractivity contribution in [3.05, 3.63) is 77.6 Å². The smallest absolute Gasteiger partial charge is 0.248 e. The van der Waals surface area contributed by atoms with Crippen molar-refractivity contribution >= 4 is 23.2 Å². The number of primary amides is 1. The second-order valence-corrected chi connectivity index (χ2v) is 7.21. The number of hydrogen-bond donors (Lipinski definition) is 4. The number of terminal acetylenes is 1. The molecule has 2 amide bonds. The summed E-state index contributed by atoms with van der Waals surface area (Å²) in [5.74, 6) is -1.02. The van der Waals surface area contributed by atoms with Gasteiger partial charge in [0.15, 0.2) is 0 Å². The maximum Gasteiger partial charge on any atom is 0.248 e. The van der Waals surface area contributed by atoms with Gasteiger partial charge in [0.25, 0.3) is 0 Å². The molecule has 0 heterocycles. The molecule has 0 radical (unpaired) electrons. The van der Waals surface area contributed by atoms with Crippen LogP contribution in [0.4, 0.5) is 5.69 Å². The Morgan fingerprint density at radius 2 is 1.82 bits per heavy atom. The Balaban J connectivity index is 0. The molecule has 1 aromatic rings. The van der Waals surface area contributed by atoms with Crippen molar-refractivity contribution < 1.29 is 9.59 Å². The van der Waals surface area contributed by atoms with Crippen LogP contribution >= 0.6 is 0 Å². The van der Waals surface area contributed by atoms with Gasteiger partial charge in [-0.05, 0) is 57.9 Å². The van der Waals surface area contributed by atoms with Gasteiger partial charge in [-0.3, -0.25) is 9.59 Å². The average molecular weight is 465 g/mol. The molecule has 1 unspecified atom stereocenters. The molecule has 1 rings (SSSR count). The molecule has 0 spiro atoms. The summed E-state index contributed by atoms with van der Waals surface area (Å²) in [6, 6.07) is 4.59. The van der Waals surface area contributed by atoms with Gasteiger partial charge in [0.1, 0.15) is 0 Å². The second kappa shape index (κ2) is 18.7. The zero-order valence-electron chi connectivity index (χ0n) is 21.2. The molecular formula is C28H40N4O2. The third kappa shape index (κ3) is 12.3. The highest BCUT2D eigenvalue weighted by Gasteiger charge is 2.15. The molecule has 0 fully saturated rings. The molecule has 6 N–H and O–H groups in total. The van der Waals surface area contributed by atoms with Crippen LogP contribution in [0.1, 0.15) is 69.8 Å². The van der Waals surface area contributed by atoms with Crippen LogP contribution < -0.4 is 16.8 Å². The summed E-state index contributed by atoms with van der Waals surface area (Å²) in [4.78, 5) is 23.7. The summed E-state index contributed by atoms with van der Waals surface area (Å²) < 4.78 is 0. The lowest BCUT2D eigenvalue weighted by atomic mass is 9.99. The quantitative estimate of drug-likeness (QED) is 0.120. The lowest BCUT2D eigenvalue weighted by Gasteiger charge is -2.14. The van der Waals surface area contributed by atoms with E-state index in [1.165, 1.54) is 12.1 Å². The normalized spacial score (nSPS) is 11.6. The number of anilines is 1. The number of carbonyl (C=O) groups is 2. The van der Waals surface area contributed by atoms with Crippen LogP contribution in [-0.2, 0) is 4.79 Å². The first-order valence-electron chi connectivity index (χ1n) is 11.2. The summed E-state index contributed by atoms with van der Waals surface area (Å²) in [7, 11) is 0. The monoisotopic (exact) mass is 464 g/mol. The standard InChI is InChI=1S/C21H28N4O2.C5H10.C2H2/c1-5-7-16(25-21(27)14(4)13(3)6-2)9-11-19(23)17-12-15(20(24)26)8-10-18(17)22;1-3-5-4-2;1-2/h5,7-10,12,14,23H,3,6,11,22H2,1-2,4H3,(H2,24,26)(H,25,27);3,5H,4H2,1-2H3;1-2H/b7-5-,16-9+,23-19?;5-3-;. The molecule has 0 saturated carbocycles. The summed E-state index contributed by atoms with van der Waals surface area (Å²) in [5.41, 5.74) is 14.0. The van der Waals surface area contributed by atoms with Crippen LogP contribution in [0.3, 0.4) is 0 Å². The fraction of sp³-hybridized carbons (Fsp3) is 0.321. The van der Waals surface area contributed by atoms with E-state index in [2.05, 4.69) is 43.8 Å². The number of nitrogen functional groups attached to an aromatic ring is 1. The van der Waals surface area contributed by atoms with Crippen molar-refractivity contribution in [1.82, 2.24) is 5.32 Å². The first kappa shape index (κ1) is 32.3. The van der Waals surface area contributed by atoms with Crippen LogP contribution in [0.25, 0.3) is 0 Å². The van der Waals surface area contributed by atoms with Crippen molar-refractivity contribution in [3.63, 3.8) is 0 Å². The van der Waals surface area contributed by atoms with E-state index in [1.807, 2.05) is 27.7 Å². The number of nitrogens with one attached hydrogen (secondary N) is 2. The highest BCUT2D eigenvalue weighted by atomic mass is 16.2. The zero-order valence-corrected chi connectivity index (χ0v) is 21.2. The molecule has 0 saturated heterocycles. The molecule has 1 atom stereocenters. The first-order chi connectivity index (χ1) is 16.1. The van der Waals surface area contributed by atoms with Crippen LogP contribution in [0, 0.1) is 24.2 Å². The third-order valence-electron chi connectivity index (χ3n) is 4.73. The fourth-order valence-corrected chi connectivity index (χ4v) is 2.61. The van der Waals surface area contributed by atoms with Gasteiger partial charge in [0, 0.05) is 34.6 Å². The molecule has 0 aliphatic carbocycles. The Hall–Kier alpha value is -3.85. The van der Waals surface area contributed by atoms with E-state index in [0.717, 1.165) is 18.4 Å². The van der Waals surface area contributed by atoms with E-state index in [9.17, 15) is 9.59 Å². The zero-order chi connectivity index (χ0) is 26.7. The number of rotatable bonds is 10. The van der Waals surface area contributed by atoms with Gasteiger partial charge in [-0.25, -0.2) is 0 Å². The van der Waals surface area contributed by atoms with Crippen LogP contribution in [-0.4, -0.2) is 17.5 Å². The predicted molar refractivity (Wildman–Crippen MR) is 145 cm³/mol. The molecule has 0 aliphatic rings. The van der Waals surface area contributed by atoms with Gasteiger partial charge in [0.05, 0.1) is 5.92 Å². The lowest BCUT2D eigenvalue weighted by Crippen LogP contribution is -2.29. The fourth-order valence-electron chi connectivity index (χ4n) is 2.61. The van der Waals surface area contributed by atoms with E-state index >= 15 is 0 Å². The molecular weight excluding hydrogens is 424 g/mol. The Bertz CT molecular complexity index is 937. The largest absolute Gasteiger partial charge is 0.398 e. The average Bonchev–Trinajstić information content (AvgIpc) is 2.83. The summed E-state index contributed by atoms with van der Waals surface area (Å²) in [6.45, 7) is 13.7. The van der Waals surface area contributed by atoms with Crippen molar-refractivity contribution in [3.8, 4) is 12.8 Å². The molecule has 34 heavy (non-hydrogen) atoms. The summed E-state index contributed by atoms with van der Waals surface area (Å²) >= 11 is 0. The van der Waals surface area contributed by atoms with E-state index in [-0.39, 0.29) is 24.0 Å². The first-order valence-corrected chi connectivity index (χ1v) is 11.2. The van der Waals surface area contributed by atoms with Crippen molar-refractivity contribution in [2.75, 3.05) is 5.73 Å². The Morgan fingerprint density at radius 1 is 1.21 bits per heavy atom. The van der Waals surface area contributed by atoms with Gasteiger partial charge >= 0.3 is 0 Å². The predicted octanol–water partition coefficient (Wildman–Crippen LogP) is 5.53. The topological polar surface area (TPSA) is 122 Å². The van der Waals surface area contributed by atoms with E-state index in [0.29, 0.717) is 22.5 Å². The van der Waals surface area contributed by atoms with Crippen molar-refractivity contribution in [2.45, 2.75) is 53.9 Å². The number of allylic oxidation sites excluding steroid dienone is 5. The maximum atomic E-state index is 12.3. The second-order valence-electron chi connectivity index (χ2n) is 7.21. The number of carbonyl (C=O) groups excluding carboxylic acids is 2. The Labute approximate surface area is 205 Å². The van der Waals surface area contributed by atoms with Gasteiger partial charge in [-0.1, -0.05) is 50.3 Å². The summed E-state index contributed by atoms with van der Waals surface area (Å²) in [5, 5.41) is 11.1. The maximum absolute atomic E-state index is 12.3. The van der Waals surface area contributed by atoms with Gasteiger partial charge in [-0.2, -0.15) is 0 Å². The van der Waals surface area contributed by atoms with Gasteiger partial charge in [-0.15, -0.1) is 12.8 Å². The van der Waals surface area contributed by atoms with Gasteiger partial charge in [0.2, 0.25) is 11.8 Å². The molecule has 0 bridgehead atoms. The molecule has 184 valence electrons. The minimum atomic E-state index is -0.577. The van der Waals surface area contributed by atoms with E-state index in [4.69, 9.17) is 16.9 Å². The molecule has 0 aliphatic heterocycles. The number of amides is 2. The minimum absolute atomic E-state index is 0.145. The molecule has 6 nitrogen and oxygen atoms in total. The van der Waals surface area contributed by atoms with Crippen LogP contribution in [0.15, 0.2) is 66.4 Å².